The maximum Gasteiger partial charge on any atom is 0.0738 e. The standard InChI is InChI=1S/C14H27NO/c1-4-15-14(12(3)16-5-2)13-10-8-6-7-9-11-13/h10,12,14-15H,4-9,11H2,1-3H3. The van der Waals surface area contributed by atoms with Gasteiger partial charge in [-0.15, -0.1) is 0 Å². The third kappa shape index (κ3) is 4.26. The molecule has 0 fully saturated rings. The van der Waals surface area contributed by atoms with Crippen LogP contribution in [0.3, 0.4) is 0 Å². The van der Waals surface area contributed by atoms with E-state index in [9.17, 15) is 0 Å². The van der Waals surface area contributed by atoms with Crippen LogP contribution in [0.4, 0.5) is 0 Å². The molecule has 1 N–H and O–H groups in total. The highest BCUT2D eigenvalue weighted by atomic mass is 16.5. The Hall–Kier alpha value is -0.340. The summed E-state index contributed by atoms with van der Waals surface area (Å²) in [6.07, 6.45) is 9.29. The van der Waals surface area contributed by atoms with E-state index in [2.05, 4.69) is 32.2 Å². The summed E-state index contributed by atoms with van der Waals surface area (Å²) in [5.41, 5.74) is 1.57. The molecule has 1 aliphatic carbocycles. The molecule has 1 aliphatic rings. The zero-order chi connectivity index (χ0) is 11.8. The summed E-state index contributed by atoms with van der Waals surface area (Å²) < 4.78 is 5.75. The molecule has 0 radical (unpaired) electrons. The molecule has 0 aliphatic heterocycles. The maximum absolute atomic E-state index is 5.75. The molecular formula is C14H27NO. The highest BCUT2D eigenvalue weighted by Gasteiger charge is 2.21. The van der Waals surface area contributed by atoms with Crippen LogP contribution in [0.25, 0.3) is 0 Å². The monoisotopic (exact) mass is 225 g/mol. The smallest absolute Gasteiger partial charge is 0.0738 e. The lowest BCUT2D eigenvalue weighted by Gasteiger charge is -2.27. The molecular weight excluding hydrogens is 198 g/mol. The van der Waals surface area contributed by atoms with Gasteiger partial charge in [0, 0.05) is 6.61 Å². The van der Waals surface area contributed by atoms with Gasteiger partial charge in [-0.05, 0) is 46.1 Å². The van der Waals surface area contributed by atoms with Gasteiger partial charge in [0.25, 0.3) is 0 Å². The molecule has 2 atom stereocenters. The van der Waals surface area contributed by atoms with E-state index in [-0.39, 0.29) is 6.10 Å². The van der Waals surface area contributed by atoms with E-state index in [1.165, 1.54) is 32.1 Å². The summed E-state index contributed by atoms with van der Waals surface area (Å²) in [5.74, 6) is 0. The summed E-state index contributed by atoms with van der Waals surface area (Å²) in [5, 5.41) is 3.57. The van der Waals surface area contributed by atoms with E-state index in [0.29, 0.717) is 6.04 Å². The highest BCUT2D eigenvalue weighted by molar-refractivity contribution is 5.14. The molecule has 1 rings (SSSR count). The molecule has 0 heterocycles. The minimum atomic E-state index is 0.286. The summed E-state index contributed by atoms with van der Waals surface area (Å²) in [4.78, 5) is 0. The first-order valence-electron chi connectivity index (χ1n) is 6.83. The van der Waals surface area contributed by atoms with Crippen molar-refractivity contribution in [2.24, 2.45) is 0 Å². The van der Waals surface area contributed by atoms with E-state index in [1.807, 2.05) is 0 Å². The largest absolute Gasteiger partial charge is 0.377 e. The summed E-state index contributed by atoms with van der Waals surface area (Å²) >= 11 is 0. The summed E-state index contributed by atoms with van der Waals surface area (Å²) in [6.45, 7) is 8.24. The second kappa shape index (κ2) is 7.86. The lowest BCUT2D eigenvalue weighted by Crippen LogP contribution is -2.41. The lowest BCUT2D eigenvalue weighted by atomic mass is 9.98. The van der Waals surface area contributed by atoms with E-state index < -0.39 is 0 Å². The average molecular weight is 225 g/mol. The van der Waals surface area contributed by atoms with E-state index in [4.69, 9.17) is 4.74 Å². The van der Waals surface area contributed by atoms with Crippen LogP contribution in [0.2, 0.25) is 0 Å². The van der Waals surface area contributed by atoms with Gasteiger partial charge in [-0.3, -0.25) is 0 Å². The first-order valence-corrected chi connectivity index (χ1v) is 6.83. The van der Waals surface area contributed by atoms with Gasteiger partial charge >= 0.3 is 0 Å². The van der Waals surface area contributed by atoms with Crippen LogP contribution in [0.15, 0.2) is 11.6 Å². The molecule has 0 saturated carbocycles. The van der Waals surface area contributed by atoms with Crippen LogP contribution in [-0.2, 0) is 4.74 Å². The van der Waals surface area contributed by atoms with Crippen molar-refractivity contribution in [1.82, 2.24) is 5.32 Å². The fourth-order valence-electron chi connectivity index (χ4n) is 2.50. The third-order valence-corrected chi connectivity index (χ3v) is 3.30. The van der Waals surface area contributed by atoms with Crippen LogP contribution >= 0.6 is 0 Å². The van der Waals surface area contributed by atoms with Gasteiger partial charge in [0.2, 0.25) is 0 Å². The van der Waals surface area contributed by atoms with E-state index in [0.717, 1.165) is 13.2 Å². The summed E-state index contributed by atoms with van der Waals surface area (Å²) in [6, 6.07) is 0.419. The van der Waals surface area contributed by atoms with Crippen LogP contribution < -0.4 is 5.32 Å². The van der Waals surface area contributed by atoms with Crippen LogP contribution in [-0.4, -0.2) is 25.3 Å². The Bertz CT molecular complexity index is 213. The Kier molecular flexibility index (Phi) is 6.74. The first kappa shape index (κ1) is 13.7. The van der Waals surface area contributed by atoms with Gasteiger partial charge < -0.3 is 10.1 Å². The van der Waals surface area contributed by atoms with Crippen molar-refractivity contribution in [3.8, 4) is 0 Å². The molecule has 2 heteroatoms. The van der Waals surface area contributed by atoms with Crippen molar-refractivity contribution in [2.45, 2.75) is 65.0 Å². The van der Waals surface area contributed by atoms with Crippen molar-refractivity contribution >= 4 is 0 Å². The fraction of sp³-hybridized carbons (Fsp3) is 0.857. The Balaban J connectivity index is 2.62. The average Bonchev–Trinajstić information content (AvgIpc) is 2.54. The van der Waals surface area contributed by atoms with Gasteiger partial charge in [-0.1, -0.05) is 25.0 Å². The predicted octanol–water partition coefficient (Wildman–Crippen LogP) is 3.28. The Morgan fingerprint density at radius 3 is 2.81 bits per heavy atom. The number of ether oxygens (including phenoxy) is 1. The second-order valence-electron chi connectivity index (χ2n) is 4.57. The molecule has 0 aromatic heterocycles. The Labute approximate surface area is 100 Å². The number of nitrogens with one attached hydrogen (secondary N) is 1. The van der Waals surface area contributed by atoms with Crippen molar-refractivity contribution in [1.29, 1.82) is 0 Å². The molecule has 0 bridgehead atoms. The molecule has 0 saturated heterocycles. The number of hydrogen-bond donors (Lipinski definition) is 1. The number of allylic oxidation sites excluding steroid dienone is 1. The number of likely N-dealkylation sites (N-methyl/N-ethyl adjacent to an activating group) is 1. The lowest BCUT2D eigenvalue weighted by molar-refractivity contribution is 0.0561. The van der Waals surface area contributed by atoms with Crippen LogP contribution in [0.1, 0.15) is 52.9 Å². The molecule has 2 nitrogen and oxygen atoms in total. The number of rotatable bonds is 6. The van der Waals surface area contributed by atoms with Gasteiger partial charge in [0.1, 0.15) is 0 Å². The SMILES string of the molecule is CCNC(C1=CCCCCC1)C(C)OCC. The van der Waals surface area contributed by atoms with E-state index >= 15 is 0 Å². The molecule has 16 heavy (non-hydrogen) atoms. The summed E-state index contributed by atoms with van der Waals surface area (Å²) in [7, 11) is 0. The zero-order valence-corrected chi connectivity index (χ0v) is 11.1. The molecule has 94 valence electrons. The first-order chi connectivity index (χ1) is 7.79. The minimum absolute atomic E-state index is 0.286. The van der Waals surface area contributed by atoms with Gasteiger partial charge in [-0.25, -0.2) is 0 Å². The normalized spacial score (nSPS) is 21.1. The molecule has 2 unspecified atom stereocenters. The van der Waals surface area contributed by atoms with E-state index in [1.54, 1.807) is 5.57 Å². The van der Waals surface area contributed by atoms with Crippen molar-refractivity contribution < 1.29 is 4.74 Å². The zero-order valence-electron chi connectivity index (χ0n) is 11.1. The van der Waals surface area contributed by atoms with Crippen LogP contribution in [0.5, 0.6) is 0 Å². The van der Waals surface area contributed by atoms with Crippen LogP contribution in [0, 0.1) is 0 Å². The fourth-order valence-corrected chi connectivity index (χ4v) is 2.50. The highest BCUT2D eigenvalue weighted by Crippen LogP contribution is 2.22. The topological polar surface area (TPSA) is 21.3 Å². The second-order valence-corrected chi connectivity index (χ2v) is 4.57. The van der Waals surface area contributed by atoms with Gasteiger partial charge in [0.05, 0.1) is 12.1 Å². The Morgan fingerprint density at radius 2 is 2.12 bits per heavy atom. The molecule has 0 aromatic carbocycles. The van der Waals surface area contributed by atoms with Crippen molar-refractivity contribution in [3.63, 3.8) is 0 Å². The van der Waals surface area contributed by atoms with Gasteiger partial charge in [0.15, 0.2) is 0 Å². The third-order valence-electron chi connectivity index (χ3n) is 3.30. The minimum Gasteiger partial charge on any atom is -0.377 e. The molecule has 0 spiro atoms. The van der Waals surface area contributed by atoms with Crippen molar-refractivity contribution in [2.75, 3.05) is 13.2 Å². The number of hydrogen-bond acceptors (Lipinski definition) is 2. The van der Waals surface area contributed by atoms with Crippen molar-refractivity contribution in [3.05, 3.63) is 11.6 Å². The Morgan fingerprint density at radius 1 is 1.31 bits per heavy atom. The van der Waals surface area contributed by atoms with Gasteiger partial charge in [-0.2, -0.15) is 0 Å². The predicted molar refractivity (Wildman–Crippen MR) is 69.7 cm³/mol. The molecule has 0 aromatic rings. The molecule has 0 amide bonds. The quantitative estimate of drug-likeness (QED) is 0.700. The maximum atomic E-state index is 5.75.